The van der Waals surface area contributed by atoms with Crippen molar-refractivity contribution in [3.8, 4) is 11.4 Å². The van der Waals surface area contributed by atoms with Gasteiger partial charge in [0.15, 0.2) is 0 Å². The molecule has 2 aliphatic rings. The van der Waals surface area contributed by atoms with E-state index in [4.69, 9.17) is 4.74 Å². The monoisotopic (exact) mass is 469 g/mol. The molecule has 1 fully saturated rings. The molecule has 3 heterocycles. The Morgan fingerprint density at radius 1 is 1.06 bits per heavy atom. The van der Waals surface area contributed by atoms with Gasteiger partial charge in [-0.15, -0.1) is 0 Å². The van der Waals surface area contributed by atoms with Crippen LogP contribution in [0.1, 0.15) is 64.7 Å². The van der Waals surface area contributed by atoms with E-state index < -0.39 is 0 Å². The molecule has 1 aliphatic carbocycles. The average molecular weight is 470 g/mol. The molecule has 5 nitrogen and oxygen atoms in total. The smallest absolute Gasteiger partial charge is 0.254 e. The lowest BCUT2D eigenvalue weighted by Crippen LogP contribution is -2.31. The van der Waals surface area contributed by atoms with Crippen LogP contribution in [0.25, 0.3) is 5.69 Å². The summed E-state index contributed by atoms with van der Waals surface area (Å²) in [5, 5.41) is 0. The van der Waals surface area contributed by atoms with Gasteiger partial charge in [0.1, 0.15) is 11.6 Å². The van der Waals surface area contributed by atoms with Crippen molar-refractivity contribution in [3.05, 3.63) is 111 Å². The van der Waals surface area contributed by atoms with Gasteiger partial charge in [-0.3, -0.25) is 4.79 Å². The Labute approximate surface area is 203 Å². The molecule has 1 aliphatic heterocycles. The summed E-state index contributed by atoms with van der Waals surface area (Å²) in [5.41, 5.74) is 7.00. The normalized spacial score (nSPS) is 17.2. The molecule has 0 N–H and O–H groups in total. The predicted octanol–water partition coefficient (Wildman–Crippen LogP) is 5.63. The first-order valence-corrected chi connectivity index (χ1v) is 12.2. The molecule has 35 heavy (non-hydrogen) atoms. The van der Waals surface area contributed by atoms with Crippen LogP contribution in [0.3, 0.4) is 0 Å². The third-order valence-corrected chi connectivity index (χ3v) is 7.15. The summed E-state index contributed by atoms with van der Waals surface area (Å²) in [5.74, 6) is 0.851. The molecular weight excluding hydrogens is 441 g/mol. The lowest BCUT2D eigenvalue weighted by atomic mass is 9.97. The molecule has 0 amide bonds. The van der Waals surface area contributed by atoms with Gasteiger partial charge < -0.3 is 13.9 Å². The van der Waals surface area contributed by atoms with Crippen molar-refractivity contribution in [2.45, 2.75) is 51.5 Å². The zero-order chi connectivity index (χ0) is 24.1. The molecule has 0 saturated heterocycles. The van der Waals surface area contributed by atoms with Crippen molar-refractivity contribution in [2.75, 3.05) is 6.61 Å². The topological polar surface area (TPSA) is 49.0 Å². The fraction of sp³-hybridized carbons (Fsp3) is 0.310. The molecule has 1 saturated carbocycles. The predicted molar refractivity (Wildman–Crippen MR) is 133 cm³/mol. The second kappa shape index (κ2) is 8.52. The second-order valence-corrected chi connectivity index (χ2v) is 9.84. The zero-order valence-electron chi connectivity index (χ0n) is 20.0. The van der Waals surface area contributed by atoms with E-state index in [9.17, 15) is 9.18 Å². The van der Waals surface area contributed by atoms with Gasteiger partial charge >= 0.3 is 0 Å². The van der Waals surface area contributed by atoms with Gasteiger partial charge in [0.25, 0.3) is 5.56 Å². The molecule has 1 atom stereocenters. The summed E-state index contributed by atoms with van der Waals surface area (Å²) in [7, 11) is 0. The molecule has 4 aromatic rings. The Bertz CT molecular complexity index is 1480. The number of benzene rings is 2. The highest BCUT2D eigenvalue weighted by atomic mass is 19.1. The number of hydrogen-bond acceptors (Lipinski definition) is 3. The number of rotatable bonds is 5. The first-order chi connectivity index (χ1) is 17.0. The summed E-state index contributed by atoms with van der Waals surface area (Å²) >= 11 is 0. The SMILES string of the molecule is Cc1cn(-c2ccc(Cc3cc(C4CC4)cn(C4CCOc5ccc(F)cc54)c3=O)cc2C)cn1. The van der Waals surface area contributed by atoms with Crippen LogP contribution in [0.2, 0.25) is 0 Å². The molecule has 0 spiro atoms. The fourth-order valence-electron chi connectivity index (χ4n) is 5.21. The van der Waals surface area contributed by atoms with Gasteiger partial charge in [-0.05, 0) is 79.6 Å². The molecule has 0 bridgehead atoms. The average Bonchev–Trinajstić information content (AvgIpc) is 3.61. The number of hydrogen-bond donors (Lipinski definition) is 0. The summed E-state index contributed by atoms with van der Waals surface area (Å²) in [4.78, 5) is 18.1. The Hall–Kier alpha value is -3.67. The number of aryl methyl sites for hydroxylation is 2. The van der Waals surface area contributed by atoms with E-state index in [0.717, 1.165) is 46.5 Å². The van der Waals surface area contributed by atoms with Crippen LogP contribution in [0.4, 0.5) is 4.39 Å². The van der Waals surface area contributed by atoms with Crippen LogP contribution in [0, 0.1) is 19.7 Å². The summed E-state index contributed by atoms with van der Waals surface area (Å²) in [6.45, 7) is 4.57. The number of ether oxygens (including phenoxy) is 1. The third kappa shape index (κ3) is 4.18. The van der Waals surface area contributed by atoms with Crippen LogP contribution < -0.4 is 10.3 Å². The minimum atomic E-state index is -0.311. The first kappa shape index (κ1) is 21.8. The Kier molecular flexibility index (Phi) is 5.32. The third-order valence-electron chi connectivity index (χ3n) is 7.15. The molecular formula is C29H28FN3O2. The quantitative estimate of drug-likeness (QED) is 0.381. The van der Waals surface area contributed by atoms with E-state index in [2.05, 4.69) is 36.2 Å². The highest BCUT2D eigenvalue weighted by molar-refractivity contribution is 5.45. The van der Waals surface area contributed by atoms with E-state index in [1.165, 1.54) is 17.7 Å². The highest BCUT2D eigenvalue weighted by Gasteiger charge is 2.29. The van der Waals surface area contributed by atoms with Crippen LogP contribution in [0.5, 0.6) is 5.75 Å². The highest BCUT2D eigenvalue weighted by Crippen LogP contribution is 2.41. The number of fused-ring (bicyclic) bond motifs is 1. The number of nitrogens with zero attached hydrogens (tertiary/aromatic N) is 3. The van der Waals surface area contributed by atoms with E-state index in [1.54, 1.807) is 6.07 Å². The molecule has 6 heteroatoms. The van der Waals surface area contributed by atoms with Gasteiger partial charge in [0, 0.05) is 42.0 Å². The van der Waals surface area contributed by atoms with Crippen molar-refractivity contribution in [1.82, 2.24) is 14.1 Å². The van der Waals surface area contributed by atoms with E-state index in [1.807, 2.05) is 34.8 Å². The van der Waals surface area contributed by atoms with Crippen molar-refractivity contribution in [2.24, 2.45) is 0 Å². The van der Waals surface area contributed by atoms with Gasteiger partial charge in [0.2, 0.25) is 0 Å². The molecule has 2 aromatic heterocycles. The standard InChI is InChI=1S/C29H28FN3O2/c1-18-11-20(3-7-26(18)32-15-19(2)31-17-32)12-22-13-23(21-4-5-21)16-33(29(22)34)27-9-10-35-28-8-6-24(30)14-25(27)28/h3,6-8,11,13-17,21,27H,4-5,9-10,12H2,1-2H3. The van der Waals surface area contributed by atoms with Gasteiger partial charge in [-0.1, -0.05) is 12.1 Å². The summed E-state index contributed by atoms with van der Waals surface area (Å²) in [6, 6.07) is 12.8. The minimum Gasteiger partial charge on any atom is -0.493 e. The van der Waals surface area contributed by atoms with Crippen molar-refractivity contribution in [1.29, 1.82) is 0 Å². The van der Waals surface area contributed by atoms with Gasteiger partial charge in [0.05, 0.1) is 24.7 Å². The number of halogens is 1. The second-order valence-electron chi connectivity index (χ2n) is 9.84. The maximum Gasteiger partial charge on any atom is 0.254 e. The number of imidazole rings is 1. The van der Waals surface area contributed by atoms with Crippen molar-refractivity contribution >= 4 is 0 Å². The maximum absolute atomic E-state index is 14.1. The Morgan fingerprint density at radius 3 is 2.66 bits per heavy atom. The molecule has 178 valence electrons. The van der Waals surface area contributed by atoms with Crippen molar-refractivity contribution < 1.29 is 9.13 Å². The molecule has 0 radical (unpaired) electrons. The first-order valence-electron chi connectivity index (χ1n) is 12.2. The molecule has 2 aromatic carbocycles. The van der Waals surface area contributed by atoms with Gasteiger partial charge in [-0.2, -0.15) is 0 Å². The Morgan fingerprint density at radius 2 is 1.91 bits per heavy atom. The van der Waals surface area contributed by atoms with Crippen LogP contribution >= 0.6 is 0 Å². The zero-order valence-corrected chi connectivity index (χ0v) is 20.0. The summed E-state index contributed by atoms with van der Waals surface area (Å²) < 4.78 is 23.7. The number of aromatic nitrogens is 3. The lowest BCUT2D eigenvalue weighted by Gasteiger charge is -2.28. The van der Waals surface area contributed by atoms with E-state index in [-0.39, 0.29) is 17.4 Å². The summed E-state index contributed by atoms with van der Waals surface area (Å²) in [6.07, 6.45) is 9.33. The minimum absolute atomic E-state index is 0.0107. The lowest BCUT2D eigenvalue weighted by molar-refractivity contribution is 0.253. The molecule has 6 rings (SSSR count). The number of pyridine rings is 1. The fourth-order valence-corrected chi connectivity index (χ4v) is 5.21. The van der Waals surface area contributed by atoms with Crippen LogP contribution in [-0.2, 0) is 6.42 Å². The molecule has 1 unspecified atom stereocenters. The van der Waals surface area contributed by atoms with Crippen LogP contribution in [0.15, 0.2) is 66.0 Å². The van der Waals surface area contributed by atoms with Crippen LogP contribution in [-0.4, -0.2) is 20.7 Å². The van der Waals surface area contributed by atoms with Gasteiger partial charge in [-0.25, -0.2) is 9.37 Å². The van der Waals surface area contributed by atoms with E-state index >= 15 is 0 Å². The maximum atomic E-state index is 14.1. The Balaban J connectivity index is 1.39. The largest absolute Gasteiger partial charge is 0.493 e. The van der Waals surface area contributed by atoms with E-state index in [0.29, 0.717) is 31.1 Å². The van der Waals surface area contributed by atoms with Crippen molar-refractivity contribution in [3.63, 3.8) is 0 Å².